The normalized spacial score (nSPS) is 15.6. The van der Waals surface area contributed by atoms with Crippen molar-refractivity contribution in [1.29, 1.82) is 0 Å². The first-order valence-electron chi connectivity index (χ1n) is 11.7. The number of alkyl carbamates (subject to hydrolysis) is 1. The van der Waals surface area contributed by atoms with Crippen LogP contribution in [0.3, 0.4) is 0 Å². The van der Waals surface area contributed by atoms with Gasteiger partial charge in [-0.3, -0.25) is 0 Å². The molecule has 0 spiro atoms. The smallest absolute Gasteiger partial charge is 0.408 e. The molecule has 1 aliphatic carbocycles. The number of amides is 1. The molecule has 0 heterocycles. The molecule has 4 rings (SSSR count). The monoisotopic (exact) mass is 492 g/mol. The predicted octanol–water partition coefficient (Wildman–Crippen LogP) is 6.04. The number of thiocarbonyl (C=S) groups is 1. The molecule has 6 heteroatoms. The van der Waals surface area contributed by atoms with Gasteiger partial charge < -0.3 is 15.4 Å². The van der Waals surface area contributed by atoms with Gasteiger partial charge in [-0.1, -0.05) is 90.5 Å². The summed E-state index contributed by atoms with van der Waals surface area (Å²) in [5.74, 6) is 0. The van der Waals surface area contributed by atoms with E-state index in [2.05, 4.69) is 47.0 Å². The van der Waals surface area contributed by atoms with Crippen molar-refractivity contribution in [2.75, 3.05) is 0 Å². The van der Waals surface area contributed by atoms with Gasteiger partial charge >= 0.3 is 6.09 Å². The van der Waals surface area contributed by atoms with Crippen LogP contribution in [0.25, 0.3) is 0 Å². The maximum absolute atomic E-state index is 12.6. The first-order valence-corrected chi connectivity index (χ1v) is 12.4. The van der Waals surface area contributed by atoms with Gasteiger partial charge in [0.15, 0.2) is 0 Å². The first kappa shape index (κ1) is 24.2. The molecule has 2 N–H and O–H groups in total. The van der Waals surface area contributed by atoms with Gasteiger partial charge in [0, 0.05) is 11.1 Å². The van der Waals surface area contributed by atoms with E-state index < -0.39 is 6.09 Å². The molecular formula is C28H29ClN2O2S. The summed E-state index contributed by atoms with van der Waals surface area (Å²) in [6.45, 7) is 0.175. The van der Waals surface area contributed by atoms with Crippen LogP contribution in [-0.2, 0) is 30.6 Å². The summed E-state index contributed by atoms with van der Waals surface area (Å²) in [5, 5.41) is 7.16. The Morgan fingerprint density at radius 3 is 2.44 bits per heavy atom. The Morgan fingerprint density at radius 2 is 1.68 bits per heavy atom. The highest BCUT2D eigenvalue weighted by Crippen LogP contribution is 2.21. The third kappa shape index (κ3) is 7.05. The molecule has 0 aliphatic heterocycles. The van der Waals surface area contributed by atoms with Gasteiger partial charge in [0.25, 0.3) is 0 Å². The SMILES string of the molecule is O=C(NC(CCc1ccccc1)C(=S)NC1CCc2ccccc2C1)OCc1ccc(Cl)cc1. The second-order valence-electron chi connectivity index (χ2n) is 8.64. The lowest BCUT2D eigenvalue weighted by Crippen LogP contribution is -2.50. The number of benzene rings is 3. The van der Waals surface area contributed by atoms with Crippen molar-refractivity contribution in [3.63, 3.8) is 0 Å². The van der Waals surface area contributed by atoms with Gasteiger partial charge in [-0.25, -0.2) is 4.79 Å². The minimum absolute atomic E-state index is 0.175. The molecule has 1 amide bonds. The molecule has 0 saturated carbocycles. The second-order valence-corrected chi connectivity index (χ2v) is 9.52. The van der Waals surface area contributed by atoms with Crippen LogP contribution in [-0.4, -0.2) is 23.2 Å². The average Bonchev–Trinajstić information content (AvgIpc) is 2.86. The number of carbonyl (C=O) groups is 1. The highest BCUT2D eigenvalue weighted by molar-refractivity contribution is 7.80. The number of hydrogen-bond donors (Lipinski definition) is 2. The van der Waals surface area contributed by atoms with Gasteiger partial charge in [0.2, 0.25) is 0 Å². The van der Waals surface area contributed by atoms with Gasteiger partial charge in [0.1, 0.15) is 6.61 Å². The van der Waals surface area contributed by atoms with Gasteiger partial charge in [-0.05, 0) is 66.5 Å². The van der Waals surface area contributed by atoms with Crippen LogP contribution in [0.1, 0.15) is 35.1 Å². The molecule has 2 atom stereocenters. The van der Waals surface area contributed by atoms with Crippen LogP contribution < -0.4 is 10.6 Å². The lowest BCUT2D eigenvalue weighted by molar-refractivity contribution is 0.137. The molecule has 0 aromatic heterocycles. The van der Waals surface area contributed by atoms with E-state index in [4.69, 9.17) is 28.6 Å². The number of nitrogens with one attached hydrogen (secondary N) is 2. The highest BCUT2D eigenvalue weighted by atomic mass is 35.5. The fourth-order valence-corrected chi connectivity index (χ4v) is 4.73. The lowest BCUT2D eigenvalue weighted by Gasteiger charge is -2.29. The Hall–Kier alpha value is -2.89. The van der Waals surface area contributed by atoms with Gasteiger partial charge in [-0.15, -0.1) is 0 Å². The number of ether oxygens (including phenoxy) is 1. The Balaban J connectivity index is 1.36. The van der Waals surface area contributed by atoms with Crippen LogP contribution in [0.4, 0.5) is 4.79 Å². The van der Waals surface area contributed by atoms with E-state index in [1.54, 1.807) is 12.1 Å². The zero-order chi connectivity index (χ0) is 23.8. The fraction of sp³-hybridized carbons (Fsp3) is 0.286. The predicted molar refractivity (Wildman–Crippen MR) is 141 cm³/mol. The van der Waals surface area contributed by atoms with Crippen molar-refractivity contribution < 1.29 is 9.53 Å². The van der Waals surface area contributed by atoms with Crippen LogP contribution in [0.15, 0.2) is 78.9 Å². The van der Waals surface area contributed by atoms with Crippen LogP contribution in [0, 0.1) is 0 Å². The molecule has 0 saturated heterocycles. The van der Waals surface area contributed by atoms with E-state index in [-0.39, 0.29) is 18.7 Å². The summed E-state index contributed by atoms with van der Waals surface area (Å²) in [4.78, 5) is 13.3. The molecule has 3 aromatic rings. The lowest BCUT2D eigenvalue weighted by atomic mass is 9.88. The Bertz CT molecular complexity index is 1100. The topological polar surface area (TPSA) is 50.4 Å². The van der Waals surface area contributed by atoms with E-state index in [1.807, 2.05) is 30.3 Å². The zero-order valence-electron chi connectivity index (χ0n) is 19.0. The molecule has 4 nitrogen and oxygen atoms in total. The first-order chi connectivity index (χ1) is 16.6. The molecule has 0 radical (unpaired) electrons. The van der Waals surface area contributed by atoms with E-state index >= 15 is 0 Å². The minimum Gasteiger partial charge on any atom is -0.445 e. The number of carbonyl (C=O) groups excluding carboxylic acids is 1. The third-order valence-corrected chi connectivity index (χ3v) is 6.80. The maximum Gasteiger partial charge on any atom is 0.408 e. The van der Waals surface area contributed by atoms with E-state index in [1.165, 1.54) is 16.7 Å². The number of rotatable bonds is 8. The Labute approximate surface area is 211 Å². The number of fused-ring (bicyclic) bond motifs is 1. The molecule has 34 heavy (non-hydrogen) atoms. The van der Waals surface area contributed by atoms with Gasteiger partial charge in [0.05, 0.1) is 11.0 Å². The summed E-state index contributed by atoms with van der Waals surface area (Å²) in [6, 6.07) is 26.0. The summed E-state index contributed by atoms with van der Waals surface area (Å²) >= 11 is 11.7. The molecule has 2 unspecified atom stereocenters. The molecule has 1 aliphatic rings. The van der Waals surface area contributed by atoms with Crippen LogP contribution in [0.5, 0.6) is 0 Å². The van der Waals surface area contributed by atoms with Gasteiger partial charge in [-0.2, -0.15) is 0 Å². The molecule has 176 valence electrons. The van der Waals surface area contributed by atoms with E-state index in [0.29, 0.717) is 16.4 Å². The molecule has 0 fully saturated rings. The fourth-order valence-electron chi connectivity index (χ4n) is 4.26. The van der Waals surface area contributed by atoms with Crippen molar-refractivity contribution in [1.82, 2.24) is 10.6 Å². The zero-order valence-corrected chi connectivity index (χ0v) is 20.6. The molecular weight excluding hydrogens is 464 g/mol. The maximum atomic E-state index is 12.6. The summed E-state index contributed by atoms with van der Waals surface area (Å²) in [6.07, 6.45) is 3.99. The Morgan fingerprint density at radius 1 is 0.971 bits per heavy atom. The van der Waals surface area contributed by atoms with Crippen molar-refractivity contribution >= 4 is 34.9 Å². The number of hydrogen-bond acceptors (Lipinski definition) is 3. The van der Waals surface area contributed by atoms with Crippen molar-refractivity contribution in [3.05, 3.63) is 106 Å². The second kappa shape index (κ2) is 12.0. The number of aryl methyl sites for hydroxylation is 2. The standard InChI is InChI=1S/C28H29ClN2O2S/c29-24-14-10-21(11-15-24)19-33-28(32)31-26(17-12-20-6-2-1-3-7-20)27(34)30-25-16-13-22-8-4-5-9-23(22)18-25/h1-11,14-15,25-26H,12-13,16-19H2,(H,30,34)(H,31,32). The average molecular weight is 493 g/mol. The quantitative estimate of drug-likeness (QED) is 0.376. The highest BCUT2D eigenvalue weighted by Gasteiger charge is 2.23. The summed E-state index contributed by atoms with van der Waals surface area (Å²) < 4.78 is 5.46. The molecule has 3 aromatic carbocycles. The summed E-state index contributed by atoms with van der Waals surface area (Å²) in [5.41, 5.74) is 4.86. The van der Waals surface area contributed by atoms with Crippen molar-refractivity contribution in [2.24, 2.45) is 0 Å². The largest absolute Gasteiger partial charge is 0.445 e. The minimum atomic E-state index is -0.480. The Kier molecular flexibility index (Phi) is 8.56. The summed E-state index contributed by atoms with van der Waals surface area (Å²) in [7, 11) is 0. The molecule has 0 bridgehead atoms. The van der Waals surface area contributed by atoms with E-state index in [9.17, 15) is 4.79 Å². The number of halogens is 1. The third-order valence-electron chi connectivity index (χ3n) is 6.15. The van der Waals surface area contributed by atoms with E-state index in [0.717, 1.165) is 31.2 Å². The van der Waals surface area contributed by atoms with Crippen LogP contribution >= 0.6 is 23.8 Å². The van der Waals surface area contributed by atoms with Crippen molar-refractivity contribution in [3.8, 4) is 0 Å². The van der Waals surface area contributed by atoms with Crippen LogP contribution in [0.2, 0.25) is 5.02 Å². The van der Waals surface area contributed by atoms with Crippen molar-refractivity contribution in [2.45, 2.75) is 50.8 Å².